The normalized spacial score (nSPS) is 45.1. The smallest absolute Gasteiger partial charge is 0.323 e. The number of rotatable bonds is 2. The van der Waals surface area contributed by atoms with E-state index in [-0.39, 0.29) is 11.9 Å². The van der Waals surface area contributed by atoms with E-state index >= 15 is 0 Å². The molecule has 0 spiro atoms. The molecule has 0 N–H and O–H groups in total. The first-order chi connectivity index (χ1) is 9.12. The summed E-state index contributed by atoms with van der Waals surface area (Å²) >= 11 is 0. The zero-order valence-corrected chi connectivity index (χ0v) is 10.9. The number of carbonyl (C=O) groups excluding carboxylic acids is 2. The summed E-state index contributed by atoms with van der Waals surface area (Å²) in [7, 11) is 0. The lowest BCUT2D eigenvalue weighted by molar-refractivity contribution is -0.170. The average molecular weight is 258 g/mol. The fourth-order valence-corrected chi connectivity index (χ4v) is 4.30. The van der Waals surface area contributed by atoms with Crippen molar-refractivity contribution in [3.8, 4) is 0 Å². The average Bonchev–Trinajstić information content (AvgIpc) is 3.19. The van der Waals surface area contributed by atoms with Crippen molar-refractivity contribution < 1.29 is 14.3 Å². The topological polar surface area (TPSA) is 43.4 Å². The molecule has 4 bridgehead atoms. The van der Waals surface area contributed by atoms with Crippen LogP contribution in [0.1, 0.15) is 38.5 Å². The van der Waals surface area contributed by atoms with E-state index in [0.717, 1.165) is 38.5 Å². The van der Waals surface area contributed by atoms with Gasteiger partial charge in [0.2, 0.25) is 0 Å². The van der Waals surface area contributed by atoms with E-state index in [9.17, 15) is 9.59 Å². The summed E-state index contributed by atoms with van der Waals surface area (Å²) in [5.74, 6) is 0.407. The SMILES string of the molecule is O=C(OC(=O)C12C=CC(CC1)C2)C12C=CC(CC1)C2. The van der Waals surface area contributed by atoms with Gasteiger partial charge in [-0.05, 0) is 50.4 Å². The van der Waals surface area contributed by atoms with Crippen molar-refractivity contribution in [2.45, 2.75) is 38.5 Å². The van der Waals surface area contributed by atoms with E-state index in [1.54, 1.807) is 0 Å². The zero-order valence-electron chi connectivity index (χ0n) is 10.9. The van der Waals surface area contributed by atoms with E-state index in [2.05, 4.69) is 12.2 Å². The second-order valence-electron chi connectivity index (χ2n) is 6.71. The molecule has 4 aliphatic rings. The van der Waals surface area contributed by atoms with Crippen molar-refractivity contribution in [2.75, 3.05) is 0 Å². The molecular weight excluding hydrogens is 240 g/mol. The minimum atomic E-state index is -0.489. The molecule has 0 aromatic heterocycles. The molecule has 2 saturated carbocycles. The van der Waals surface area contributed by atoms with E-state index in [0.29, 0.717) is 11.8 Å². The van der Waals surface area contributed by atoms with Crippen LogP contribution < -0.4 is 0 Å². The quantitative estimate of drug-likeness (QED) is 0.434. The third kappa shape index (κ3) is 1.50. The molecule has 4 atom stereocenters. The predicted octanol–water partition coefficient (Wildman–Crippen LogP) is 2.77. The van der Waals surface area contributed by atoms with E-state index < -0.39 is 10.8 Å². The van der Waals surface area contributed by atoms with Crippen molar-refractivity contribution in [2.24, 2.45) is 22.7 Å². The lowest BCUT2D eigenvalue weighted by atomic mass is 9.86. The molecule has 0 aliphatic heterocycles. The summed E-state index contributed by atoms with van der Waals surface area (Å²) < 4.78 is 5.28. The van der Waals surface area contributed by atoms with Crippen molar-refractivity contribution in [1.29, 1.82) is 0 Å². The number of fused-ring (bicyclic) bond motifs is 4. The maximum Gasteiger partial charge on any atom is 0.323 e. The number of carbonyl (C=O) groups is 2. The van der Waals surface area contributed by atoms with Crippen LogP contribution in [0.2, 0.25) is 0 Å². The lowest BCUT2D eigenvalue weighted by Gasteiger charge is -2.25. The monoisotopic (exact) mass is 258 g/mol. The van der Waals surface area contributed by atoms with Crippen LogP contribution in [0.3, 0.4) is 0 Å². The number of hydrogen-bond acceptors (Lipinski definition) is 3. The Morgan fingerprint density at radius 2 is 1.37 bits per heavy atom. The van der Waals surface area contributed by atoms with Crippen LogP contribution >= 0.6 is 0 Å². The molecular formula is C16H18O3. The highest BCUT2D eigenvalue weighted by atomic mass is 16.6. The second-order valence-corrected chi connectivity index (χ2v) is 6.71. The highest BCUT2D eigenvalue weighted by Crippen LogP contribution is 2.52. The van der Waals surface area contributed by atoms with Crippen LogP contribution in [-0.2, 0) is 14.3 Å². The van der Waals surface area contributed by atoms with Gasteiger partial charge in [-0.2, -0.15) is 0 Å². The standard InChI is InChI=1S/C16H18O3/c17-13(15-5-1-11(9-15)2-6-15)19-14(18)16-7-3-12(10-16)4-8-16/h1,3,5,7,11-12H,2,4,6,8-10H2. The number of ether oxygens (including phenoxy) is 1. The van der Waals surface area contributed by atoms with Crippen LogP contribution in [0.15, 0.2) is 24.3 Å². The van der Waals surface area contributed by atoms with Gasteiger partial charge in [-0.3, -0.25) is 9.59 Å². The van der Waals surface area contributed by atoms with E-state index in [1.165, 1.54) is 0 Å². The molecule has 4 rings (SSSR count). The number of allylic oxidation sites excluding steroid dienone is 2. The number of hydrogen-bond donors (Lipinski definition) is 0. The van der Waals surface area contributed by atoms with Crippen LogP contribution in [-0.4, -0.2) is 11.9 Å². The van der Waals surface area contributed by atoms with Crippen LogP contribution in [0, 0.1) is 22.7 Å². The molecule has 4 unspecified atom stereocenters. The van der Waals surface area contributed by atoms with Gasteiger partial charge in [-0.1, -0.05) is 24.3 Å². The number of esters is 2. The molecule has 100 valence electrons. The summed E-state index contributed by atoms with van der Waals surface area (Å²) in [6.45, 7) is 0. The minimum Gasteiger partial charge on any atom is -0.392 e. The van der Waals surface area contributed by atoms with Gasteiger partial charge in [-0.25, -0.2) is 0 Å². The molecule has 4 aliphatic carbocycles. The van der Waals surface area contributed by atoms with Gasteiger partial charge in [0.25, 0.3) is 0 Å². The Balaban J connectivity index is 1.50. The van der Waals surface area contributed by atoms with Crippen molar-refractivity contribution >= 4 is 11.9 Å². The van der Waals surface area contributed by atoms with Crippen molar-refractivity contribution in [3.63, 3.8) is 0 Å². The first kappa shape index (κ1) is 11.4. The van der Waals surface area contributed by atoms with Gasteiger partial charge >= 0.3 is 11.9 Å². The highest BCUT2D eigenvalue weighted by molar-refractivity contribution is 5.94. The molecule has 2 fully saturated rings. The van der Waals surface area contributed by atoms with Gasteiger partial charge in [0.05, 0.1) is 10.8 Å². The highest BCUT2D eigenvalue weighted by Gasteiger charge is 2.52. The lowest BCUT2D eigenvalue weighted by Crippen LogP contribution is -2.35. The summed E-state index contributed by atoms with van der Waals surface area (Å²) in [6, 6.07) is 0. The second kappa shape index (κ2) is 3.59. The van der Waals surface area contributed by atoms with Gasteiger partial charge in [0.15, 0.2) is 0 Å². The van der Waals surface area contributed by atoms with Gasteiger partial charge in [-0.15, -0.1) is 0 Å². The van der Waals surface area contributed by atoms with Crippen molar-refractivity contribution in [3.05, 3.63) is 24.3 Å². The molecule has 19 heavy (non-hydrogen) atoms. The third-order valence-electron chi connectivity index (χ3n) is 5.55. The van der Waals surface area contributed by atoms with E-state index in [1.807, 2.05) is 12.2 Å². The Bertz CT molecular complexity index is 472. The van der Waals surface area contributed by atoms with E-state index in [4.69, 9.17) is 4.74 Å². The largest absolute Gasteiger partial charge is 0.392 e. The molecule has 0 heterocycles. The Hall–Kier alpha value is -1.38. The Labute approximate surface area is 112 Å². The Morgan fingerprint density at radius 1 is 0.895 bits per heavy atom. The van der Waals surface area contributed by atoms with Gasteiger partial charge in [0.1, 0.15) is 0 Å². The van der Waals surface area contributed by atoms with Crippen LogP contribution in [0.4, 0.5) is 0 Å². The van der Waals surface area contributed by atoms with Gasteiger partial charge in [0, 0.05) is 0 Å². The molecule has 0 amide bonds. The zero-order chi connectivity index (χ0) is 13.1. The molecule has 0 saturated heterocycles. The first-order valence-electron chi connectivity index (χ1n) is 7.27. The molecule has 3 nitrogen and oxygen atoms in total. The Morgan fingerprint density at radius 3 is 1.63 bits per heavy atom. The predicted molar refractivity (Wildman–Crippen MR) is 68.9 cm³/mol. The summed E-state index contributed by atoms with van der Waals surface area (Å²) in [4.78, 5) is 24.7. The molecule has 0 aromatic rings. The molecule has 0 radical (unpaired) electrons. The van der Waals surface area contributed by atoms with Crippen LogP contribution in [0.25, 0.3) is 0 Å². The van der Waals surface area contributed by atoms with Crippen molar-refractivity contribution in [1.82, 2.24) is 0 Å². The summed E-state index contributed by atoms with van der Waals surface area (Å²) in [5, 5.41) is 0. The molecule has 3 heteroatoms. The van der Waals surface area contributed by atoms with Gasteiger partial charge < -0.3 is 4.74 Å². The Kier molecular flexibility index (Phi) is 2.16. The maximum atomic E-state index is 12.3. The first-order valence-corrected chi connectivity index (χ1v) is 7.27. The summed E-state index contributed by atoms with van der Waals surface area (Å²) in [5.41, 5.74) is -0.978. The third-order valence-corrected chi connectivity index (χ3v) is 5.55. The molecule has 0 aromatic carbocycles. The summed E-state index contributed by atoms with van der Waals surface area (Å²) in [6.07, 6.45) is 13.6. The fraction of sp³-hybridized carbons (Fsp3) is 0.625. The minimum absolute atomic E-state index is 0.313. The van der Waals surface area contributed by atoms with Crippen LogP contribution in [0.5, 0.6) is 0 Å². The fourth-order valence-electron chi connectivity index (χ4n) is 4.30. The maximum absolute atomic E-state index is 12.3.